The lowest BCUT2D eigenvalue weighted by molar-refractivity contribution is -0.385. The molecule has 1 aliphatic rings. The molecule has 0 atom stereocenters. The van der Waals surface area contributed by atoms with E-state index in [2.05, 4.69) is 5.32 Å². The van der Waals surface area contributed by atoms with Gasteiger partial charge >= 0.3 is 5.69 Å². The molecule has 0 amide bonds. The lowest BCUT2D eigenvalue weighted by Gasteiger charge is -2.14. The van der Waals surface area contributed by atoms with Gasteiger partial charge in [0, 0.05) is 11.6 Å². The second-order valence-electron chi connectivity index (χ2n) is 3.79. The molecule has 1 fully saturated rings. The van der Waals surface area contributed by atoms with Crippen LogP contribution in [0.3, 0.4) is 0 Å². The molecular weight excluding hydrogens is 196 g/mol. The highest BCUT2D eigenvalue weighted by Gasteiger charge is 2.43. The van der Waals surface area contributed by atoms with Crippen LogP contribution in [0.15, 0.2) is 18.2 Å². The maximum Gasteiger partial charge on any atom is 0.310 e. The minimum absolute atomic E-state index is 0.0768. The van der Waals surface area contributed by atoms with E-state index < -0.39 is 4.92 Å². The third-order valence-corrected chi connectivity index (χ3v) is 2.95. The number of nitrogens with one attached hydrogen (secondary N) is 1. The minimum Gasteiger partial charge on any atom is -0.502 e. The number of benzene rings is 1. The van der Waals surface area contributed by atoms with Crippen molar-refractivity contribution in [3.63, 3.8) is 0 Å². The summed E-state index contributed by atoms with van der Waals surface area (Å²) in [7, 11) is 1.85. The average Bonchev–Trinajstić information content (AvgIpc) is 2.97. The highest BCUT2D eigenvalue weighted by molar-refractivity contribution is 5.50. The van der Waals surface area contributed by atoms with Gasteiger partial charge in [-0.25, -0.2) is 0 Å². The fourth-order valence-corrected chi connectivity index (χ4v) is 1.78. The Balaban J connectivity index is 2.38. The molecule has 1 aliphatic carbocycles. The molecule has 0 saturated heterocycles. The number of hydrogen-bond acceptors (Lipinski definition) is 4. The Morgan fingerprint density at radius 1 is 1.53 bits per heavy atom. The number of aromatic hydroxyl groups is 1. The van der Waals surface area contributed by atoms with E-state index >= 15 is 0 Å². The molecule has 0 aromatic heterocycles. The van der Waals surface area contributed by atoms with E-state index in [9.17, 15) is 15.2 Å². The predicted molar refractivity (Wildman–Crippen MR) is 54.7 cm³/mol. The normalized spacial score (nSPS) is 17.4. The van der Waals surface area contributed by atoms with E-state index in [1.165, 1.54) is 12.1 Å². The molecule has 80 valence electrons. The molecule has 0 unspecified atom stereocenters. The quantitative estimate of drug-likeness (QED) is 0.583. The third kappa shape index (κ3) is 1.55. The van der Waals surface area contributed by atoms with Crippen LogP contribution < -0.4 is 5.32 Å². The van der Waals surface area contributed by atoms with Gasteiger partial charge in [0.1, 0.15) is 0 Å². The van der Waals surface area contributed by atoms with Gasteiger partial charge in [-0.15, -0.1) is 0 Å². The van der Waals surface area contributed by atoms with Crippen molar-refractivity contribution < 1.29 is 10.0 Å². The summed E-state index contributed by atoms with van der Waals surface area (Å²) in [5, 5.41) is 23.1. The highest BCUT2D eigenvalue weighted by Crippen LogP contribution is 2.46. The Morgan fingerprint density at radius 2 is 2.20 bits per heavy atom. The SMILES string of the molecule is CNC1(c2ccc([N+](=O)[O-])c(O)c2)CC1. The van der Waals surface area contributed by atoms with Crippen molar-refractivity contribution in [2.24, 2.45) is 0 Å². The van der Waals surface area contributed by atoms with Crippen LogP contribution in [0.2, 0.25) is 0 Å². The van der Waals surface area contributed by atoms with Crippen molar-refractivity contribution in [1.82, 2.24) is 5.32 Å². The van der Waals surface area contributed by atoms with Crippen LogP contribution >= 0.6 is 0 Å². The second kappa shape index (κ2) is 3.20. The fraction of sp³-hybridized carbons (Fsp3) is 0.400. The lowest BCUT2D eigenvalue weighted by atomic mass is 10.0. The number of nitro groups is 1. The largest absolute Gasteiger partial charge is 0.502 e. The van der Waals surface area contributed by atoms with Crippen molar-refractivity contribution >= 4 is 5.69 Å². The number of nitro benzene ring substituents is 1. The summed E-state index contributed by atoms with van der Waals surface area (Å²) >= 11 is 0. The minimum atomic E-state index is -0.585. The molecule has 0 aliphatic heterocycles. The molecule has 0 spiro atoms. The Morgan fingerprint density at radius 3 is 2.60 bits per heavy atom. The summed E-state index contributed by atoms with van der Waals surface area (Å²) in [4.78, 5) is 9.91. The predicted octanol–water partition coefficient (Wildman–Crippen LogP) is 1.51. The van der Waals surface area contributed by atoms with Crippen molar-refractivity contribution in [3.05, 3.63) is 33.9 Å². The Labute approximate surface area is 86.9 Å². The van der Waals surface area contributed by atoms with E-state index in [4.69, 9.17) is 0 Å². The molecule has 1 aromatic rings. The maximum atomic E-state index is 10.5. The first kappa shape index (κ1) is 9.92. The summed E-state index contributed by atoms with van der Waals surface area (Å²) in [6.45, 7) is 0. The Kier molecular flexibility index (Phi) is 2.12. The van der Waals surface area contributed by atoms with Crippen molar-refractivity contribution in [3.8, 4) is 5.75 Å². The molecule has 0 radical (unpaired) electrons. The van der Waals surface area contributed by atoms with Crippen molar-refractivity contribution in [2.75, 3.05) is 7.05 Å². The third-order valence-electron chi connectivity index (χ3n) is 2.95. The first-order chi connectivity index (χ1) is 7.09. The smallest absolute Gasteiger partial charge is 0.310 e. The summed E-state index contributed by atoms with van der Waals surface area (Å²) in [6, 6.07) is 4.52. The molecule has 15 heavy (non-hydrogen) atoms. The van der Waals surface area contributed by atoms with E-state index in [0.717, 1.165) is 18.4 Å². The topological polar surface area (TPSA) is 75.4 Å². The van der Waals surface area contributed by atoms with Crippen LogP contribution in [-0.4, -0.2) is 17.1 Å². The summed E-state index contributed by atoms with van der Waals surface area (Å²) in [5.74, 6) is -0.265. The maximum absolute atomic E-state index is 10.5. The molecule has 5 nitrogen and oxygen atoms in total. The van der Waals surface area contributed by atoms with Crippen LogP contribution in [0.5, 0.6) is 5.75 Å². The first-order valence-electron chi connectivity index (χ1n) is 4.76. The van der Waals surface area contributed by atoms with Gasteiger partial charge in [0.15, 0.2) is 5.75 Å². The van der Waals surface area contributed by atoms with Gasteiger partial charge in [-0.05, 0) is 31.5 Å². The number of phenolic OH excluding ortho intramolecular Hbond substituents is 1. The van der Waals surface area contributed by atoms with Gasteiger partial charge in [-0.2, -0.15) is 0 Å². The summed E-state index contributed by atoms with van der Waals surface area (Å²) < 4.78 is 0. The van der Waals surface area contributed by atoms with Gasteiger partial charge < -0.3 is 10.4 Å². The number of nitrogens with zero attached hydrogens (tertiary/aromatic N) is 1. The van der Waals surface area contributed by atoms with Gasteiger partial charge in [0.25, 0.3) is 0 Å². The van der Waals surface area contributed by atoms with Gasteiger partial charge in [0.05, 0.1) is 4.92 Å². The Hall–Kier alpha value is -1.62. The molecule has 2 rings (SSSR count). The van der Waals surface area contributed by atoms with Crippen LogP contribution in [0, 0.1) is 10.1 Å². The second-order valence-corrected chi connectivity index (χ2v) is 3.79. The Bertz CT molecular complexity index is 413. The van der Waals surface area contributed by atoms with Gasteiger partial charge in [-0.3, -0.25) is 10.1 Å². The van der Waals surface area contributed by atoms with Gasteiger partial charge in [0.2, 0.25) is 0 Å². The van der Waals surface area contributed by atoms with E-state index in [1.54, 1.807) is 6.07 Å². The van der Waals surface area contributed by atoms with Crippen molar-refractivity contribution in [1.29, 1.82) is 0 Å². The number of phenols is 1. The molecule has 0 bridgehead atoms. The van der Waals surface area contributed by atoms with Crippen LogP contribution in [0.25, 0.3) is 0 Å². The van der Waals surface area contributed by atoms with E-state index in [0.29, 0.717) is 0 Å². The van der Waals surface area contributed by atoms with Gasteiger partial charge in [-0.1, -0.05) is 6.07 Å². The van der Waals surface area contributed by atoms with Crippen LogP contribution in [0.4, 0.5) is 5.69 Å². The molecule has 0 heterocycles. The zero-order chi connectivity index (χ0) is 11.1. The van der Waals surface area contributed by atoms with Crippen LogP contribution in [0.1, 0.15) is 18.4 Å². The van der Waals surface area contributed by atoms with Crippen molar-refractivity contribution in [2.45, 2.75) is 18.4 Å². The fourth-order valence-electron chi connectivity index (χ4n) is 1.78. The molecule has 5 heteroatoms. The number of hydrogen-bond donors (Lipinski definition) is 2. The summed E-state index contributed by atoms with van der Waals surface area (Å²) in [6.07, 6.45) is 2.00. The lowest BCUT2D eigenvalue weighted by Crippen LogP contribution is -2.24. The molecule has 2 N–H and O–H groups in total. The highest BCUT2D eigenvalue weighted by atomic mass is 16.6. The standard InChI is InChI=1S/C10H12N2O3/c1-11-10(4-5-10)7-2-3-8(12(14)15)9(13)6-7/h2-3,6,11,13H,4-5H2,1H3. The van der Waals surface area contributed by atoms with E-state index in [1.807, 2.05) is 7.05 Å². The zero-order valence-corrected chi connectivity index (χ0v) is 8.36. The first-order valence-corrected chi connectivity index (χ1v) is 4.76. The average molecular weight is 208 g/mol. The zero-order valence-electron chi connectivity index (χ0n) is 8.36. The summed E-state index contributed by atoms with van der Waals surface area (Å²) in [5.41, 5.74) is 0.589. The molecular formula is C10H12N2O3. The molecule has 1 saturated carbocycles. The number of rotatable bonds is 3. The van der Waals surface area contributed by atoms with E-state index in [-0.39, 0.29) is 17.0 Å². The molecule has 1 aromatic carbocycles. The monoisotopic (exact) mass is 208 g/mol. The van der Waals surface area contributed by atoms with Crippen LogP contribution in [-0.2, 0) is 5.54 Å².